The number of amides is 1. The summed E-state index contributed by atoms with van der Waals surface area (Å²) in [4.78, 5) is 19.5. The summed E-state index contributed by atoms with van der Waals surface area (Å²) in [5.41, 5.74) is 2.28. The number of nitrogens with zero attached hydrogens (tertiary/aromatic N) is 4. The molecule has 0 bridgehead atoms. The Labute approximate surface area is 164 Å². The molecule has 1 aliphatic rings. The topological polar surface area (TPSA) is 75.0 Å². The van der Waals surface area contributed by atoms with Crippen molar-refractivity contribution >= 4 is 21.6 Å². The Morgan fingerprint density at radius 3 is 2.50 bits per heavy atom. The van der Waals surface area contributed by atoms with Gasteiger partial charge in [-0.25, -0.2) is 17.7 Å². The maximum absolute atomic E-state index is 13.1. The lowest BCUT2D eigenvalue weighted by molar-refractivity contribution is 0.0727. The minimum absolute atomic E-state index is 0.0952. The van der Waals surface area contributed by atoms with Crippen molar-refractivity contribution in [3.05, 3.63) is 66.1 Å². The smallest absolute Gasteiger partial charge is 0.254 e. The molecule has 1 saturated carbocycles. The fourth-order valence-corrected chi connectivity index (χ4v) is 4.08. The third-order valence-electron chi connectivity index (χ3n) is 4.95. The van der Waals surface area contributed by atoms with Crippen molar-refractivity contribution in [2.24, 2.45) is 0 Å². The van der Waals surface area contributed by atoms with E-state index < -0.39 is 10.0 Å². The van der Waals surface area contributed by atoms with Gasteiger partial charge in [-0.15, -0.1) is 0 Å². The Morgan fingerprint density at radius 1 is 1.14 bits per heavy atom. The maximum atomic E-state index is 13.1. The molecule has 0 spiro atoms. The number of hydrogen-bond donors (Lipinski definition) is 0. The number of fused-ring (bicyclic) bond motifs is 1. The van der Waals surface area contributed by atoms with Crippen LogP contribution in [0.4, 0.5) is 0 Å². The summed E-state index contributed by atoms with van der Waals surface area (Å²) in [7, 11) is -0.542. The van der Waals surface area contributed by atoms with Crippen molar-refractivity contribution in [1.82, 2.24) is 18.6 Å². The first kappa shape index (κ1) is 18.6. The van der Waals surface area contributed by atoms with E-state index >= 15 is 0 Å². The molecule has 4 rings (SSSR count). The summed E-state index contributed by atoms with van der Waals surface area (Å²) in [6, 6.07) is 12.2. The van der Waals surface area contributed by atoms with Gasteiger partial charge in [-0.2, -0.15) is 0 Å². The summed E-state index contributed by atoms with van der Waals surface area (Å²) in [5, 5.41) is 0. The summed E-state index contributed by atoms with van der Waals surface area (Å²) in [6.07, 6.45) is 5.70. The largest absolute Gasteiger partial charge is 0.330 e. The average molecular weight is 398 g/mol. The van der Waals surface area contributed by atoms with Gasteiger partial charge < -0.3 is 9.30 Å². The monoisotopic (exact) mass is 398 g/mol. The van der Waals surface area contributed by atoms with E-state index in [2.05, 4.69) is 4.98 Å². The molecule has 2 aromatic heterocycles. The van der Waals surface area contributed by atoms with Crippen LogP contribution in [0.3, 0.4) is 0 Å². The number of carbonyl (C=O) groups is 1. The lowest BCUT2D eigenvalue weighted by atomic mass is 10.2. The summed E-state index contributed by atoms with van der Waals surface area (Å²) in [5.74, 6) is -0.0952. The Kier molecular flexibility index (Phi) is 4.68. The number of rotatable bonds is 6. The van der Waals surface area contributed by atoms with Crippen LogP contribution in [0.1, 0.15) is 28.9 Å². The van der Waals surface area contributed by atoms with E-state index in [0.29, 0.717) is 12.1 Å². The van der Waals surface area contributed by atoms with Gasteiger partial charge in [0.2, 0.25) is 10.0 Å². The second kappa shape index (κ2) is 7.03. The molecule has 0 unspecified atom stereocenters. The van der Waals surface area contributed by atoms with Gasteiger partial charge in [0.15, 0.2) is 0 Å². The minimum atomic E-state index is -3.51. The molecule has 1 amide bonds. The Balaban J connectivity index is 1.59. The lowest BCUT2D eigenvalue weighted by Crippen LogP contribution is -2.33. The van der Waals surface area contributed by atoms with Gasteiger partial charge in [-0.1, -0.05) is 6.07 Å². The van der Waals surface area contributed by atoms with E-state index in [1.807, 2.05) is 33.7 Å². The second-order valence-electron chi connectivity index (χ2n) is 7.15. The molecule has 1 aliphatic carbocycles. The van der Waals surface area contributed by atoms with E-state index in [1.54, 1.807) is 18.3 Å². The SMILES string of the molecule is CN(C)S(=O)(=O)c1ccc(C(=O)N(Cc2cnc3ccccn23)C2CC2)cc1. The Hall–Kier alpha value is -2.71. The third-order valence-corrected chi connectivity index (χ3v) is 6.78. The fourth-order valence-electron chi connectivity index (χ4n) is 3.18. The van der Waals surface area contributed by atoms with Crippen LogP contribution in [-0.4, -0.2) is 53.1 Å². The summed E-state index contributed by atoms with van der Waals surface area (Å²) < 4.78 is 27.6. The van der Waals surface area contributed by atoms with Gasteiger partial charge in [-0.05, 0) is 49.2 Å². The average Bonchev–Trinajstić information content (AvgIpc) is 3.46. The number of aromatic nitrogens is 2. The second-order valence-corrected chi connectivity index (χ2v) is 9.31. The third kappa shape index (κ3) is 3.41. The molecule has 0 N–H and O–H groups in total. The van der Waals surface area contributed by atoms with E-state index in [0.717, 1.165) is 28.5 Å². The zero-order chi connectivity index (χ0) is 19.9. The van der Waals surface area contributed by atoms with Gasteiger partial charge in [0.25, 0.3) is 5.91 Å². The van der Waals surface area contributed by atoms with Crippen molar-refractivity contribution in [2.75, 3.05) is 14.1 Å². The molecule has 146 valence electrons. The van der Waals surface area contributed by atoms with Crippen molar-refractivity contribution in [3.8, 4) is 0 Å². The normalized spacial score (nSPS) is 14.5. The highest BCUT2D eigenvalue weighted by Gasteiger charge is 2.33. The number of benzene rings is 1. The van der Waals surface area contributed by atoms with E-state index in [-0.39, 0.29) is 16.8 Å². The molecule has 3 aromatic rings. The maximum Gasteiger partial charge on any atom is 0.254 e. The number of imidazole rings is 1. The van der Waals surface area contributed by atoms with E-state index in [9.17, 15) is 13.2 Å². The number of pyridine rings is 1. The molecule has 1 fully saturated rings. The molecule has 0 saturated heterocycles. The highest BCUT2D eigenvalue weighted by molar-refractivity contribution is 7.89. The summed E-state index contributed by atoms with van der Waals surface area (Å²) in [6.45, 7) is 0.465. The van der Waals surface area contributed by atoms with Crippen molar-refractivity contribution in [3.63, 3.8) is 0 Å². The van der Waals surface area contributed by atoms with Crippen LogP contribution >= 0.6 is 0 Å². The molecule has 8 heteroatoms. The molecule has 0 aliphatic heterocycles. The Bertz CT molecular complexity index is 1120. The molecule has 1 aromatic carbocycles. The molecule has 0 radical (unpaired) electrons. The van der Waals surface area contributed by atoms with Gasteiger partial charge >= 0.3 is 0 Å². The molecular formula is C20H22N4O3S. The number of carbonyl (C=O) groups excluding carboxylic acids is 1. The predicted molar refractivity (Wildman–Crippen MR) is 105 cm³/mol. The van der Waals surface area contributed by atoms with Crippen LogP contribution in [0.15, 0.2) is 59.8 Å². The number of sulfonamides is 1. The molecule has 28 heavy (non-hydrogen) atoms. The molecule has 2 heterocycles. The summed E-state index contributed by atoms with van der Waals surface area (Å²) >= 11 is 0. The first-order valence-electron chi connectivity index (χ1n) is 9.12. The Morgan fingerprint density at radius 2 is 1.86 bits per heavy atom. The highest BCUT2D eigenvalue weighted by Crippen LogP contribution is 2.30. The van der Waals surface area contributed by atoms with Crippen molar-refractivity contribution in [2.45, 2.75) is 30.3 Å². The highest BCUT2D eigenvalue weighted by atomic mass is 32.2. The quantitative estimate of drug-likeness (QED) is 0.639. The van der Waals surface area contributed by atoms with Gasteiger partial charge in [0, 0.05) is 31.9 Å². The van der Waals surface area contributed by atoms with E-state index in [4.69, 9.17) is 0 Å². The first-order chi connectivity index (χ1) is 13.4. The molecule has 7 nitrogen and oxygen atoms in total. The van der Waals surface area contributed by atoms with Crippen LogP contribution in [0.5, 0.6) is 0 Å². The first-order valence-corrected chi connectivity index (χ1v) is 10.6. The standard InChI is InChI=1S/C20H22N4O3S/c1-22(2)28(26,27)18-10-6-15(7-11-18)20(25)24(16-8-9-16)14-17-13-21-19-5-3-4-12-23(17)19/h3-7,10-13,16H,8-9,14H2,1-2H3. The van der Waals surface area contributed by atoms with Crippen LogP contribution in [0.25, 0.3) is 5.65 Å². The van der Waals surface area contributed by atoms with Crippen molar-refractivity contribution < 1.29 is 13.2 Å². The van der Waals surface area contributed by atoms with Crippen LogP contribution in [0.2, 0.25) is 0 Å². The van der Waals surface area contributed by atoms with Crippen LogP contribution < -0.4 is 0 Å². The molecule has 0 atom stereocenters. The van der Waals surface area contributed by atoms with Gasteiger partial charge in [0.1, 0.15) is 5.65 Å². The van der Waals surface area contributed by atoms with Crippen molar-refractivity contribution in [1.29, 1.82) is 0 Å². The van der Waals surface area contributed by atoms with Crippen LogP contribution in [-0.2, 0) is 16.6 Å². The molecular weight excluding hydrogens is 376 g/mol. The predicted octanol–water partition coefficient (Wildman–Crippen LogP) is 2.39. The zero-order valence-corrected chi connectivity index (χ0v) is 16.6. The van der Waals surface area contributed by atoms with Gasteiger partial charge in [-0.3, -0.25) is 4.79 Å². The van der Waals surface area contributed by atoms with E-state index in [1.165, 1.54) is 26.2 Å². The van der Waals surface area contributed by atoms with Crippen LogP contribution in [0, 0.1) is 0 Å². The zero-order valence-electron chi connectivity index (χ0n) is 15.8. The minimum Gasteiger partial charge on any atom is -0.330 e. The number of hydrogen-bond acceptors (Lipinski definition) is 4. The lowest BCUT2D eigenvalue weighted by Gasteiger charge is -2.22. The van der Waals surface area contributed by atoms with Gasteiger partial charge in [0.05, 0.1) is 23.3 Å². The fraction of sp³-hybridized carbons (Fsp3) is 0.300.